The van der Waals surface area contributed by atoms with E-state index in [1.165, 1.54) is 13.2 Å². The molecule has 0 heterocycles. The number of Topliss-reactive ketones (excluding diaryl/α,β-unsaturated/α-hetero) is 1. The highest BCUT2D eigenvalue weighted by Crippen LogP contribution is 2.37. The highest BCUT2D eigenvalue weighted by Gasteiger charge is 2.32. The third-order valence-electron chi connectivity index (χ3n) is 3.35. The average Bonchev–Trinajstić information content (AvgIpc) is 2.44. The summed E-state index contributed by atoms with van der Waals surface area (Å²) in [7, 11) is 1.33. The van der Waals surface area contributed by atoms with Gasteiger partial charge in [0.25, 0.3) is 0 Å². The molecule has 0 atom stereocenters. The Bertz CT molecular complexity index is 770. The van der Waals surface area contributed by atoms with Crippen LogP contribution in [-0.4, -0.2) is 35.5 Å². The van der Waals surface area contributed by atoms with Crippen LogP contribution in [0.4, 0.5) is 4.79 Å². The Morgan fingerprint density at radius 2 is 1.88 bits per heavy atom. The molecule has 1 aromatic carbocycles. The van der Waals surface area contributed by atoms with E-state index in [4.69, 9.17) is 9.47 Å². The number of benzene rings is 1. The number of allylic oxidation sites excluding steroid dienone is 2. The molecule has 24 heavy (non-hydrogen) atoms. The van der Waals surface area contributed by atoms with Gasteiger partial charge < -0.3 is 14.6 Å². The first kappa shape index (κ1) is 17.5. The maximum atomic E-state index is 12.7. The van der Waals surface area contributed by atoms with Crippen molar-refractivity contribution in [1.29, 1.82) is 0 Å². The zero-order valence-corrected chi connectivity index (χ0v) is 14.1. The molecule has 0 spiro atoms. The van der Waals surface area contributed by atoms with E-state index >= 15 is 0 Å². The van der Waals surface area contributed by atoms with Crippen molar-refractivity contribution < 1.29 is 29.0 Å². The van der Waals surface area contributed by atoms with Crippen molar-refractivity contribution in [3.8, 4) is 11.5 Å². The van der Waals surface area contributed by atoms with E-state index in [0.717, 1.165) is 6.08 Å². The summed E-state index contributed by atoms with van der Waals surface area (Å²) in [4.78, 5) is 36.8. The van der Waals surface area contributed by atoms with Crippen LogP contribution < -0.4 is 10.1 Å². The number of ether oxygens (including phenoxy) is 2. The lowest BCUT2D eigenvalue weighted by Gasteiger charge is -2.22. The van der Waals surface area contributed by atoms with E-state index in [1.807, 2.05) is 0 Å². The van der Waals surface area contributed by atoms with Crippen LogP contribution in [0.25, 0.3) is 0 Å². The van der Waals surface area contributed by atoms with Crippen molar-refractivity contribution in [2.24, 2.45) is 0 Å². The molecular weight excluding hydrogens is 314 g/mol. The highest BCUT2D eigenvalue weighted by atomic mass is 16.6. The normalized spacial score (nSPS) is 14.0. The Labute approximate surface area is 139 Å². The topological polar surface area (TPSA) is 102 Å². The van der Waals surface area contributed by atoms with Crippen molar-refractivity contribution in [3.05, 3.63) is 34.5 Å². The van der Waals surface area contributed by atoms with Crippen LogP contribution in [0.3, 0.4) is 0 Å². The number of rotatable bonds is 2. The van der Waals surface area contributed by atoms with Crippen LogP contribution in [-0.2, 0) is 4.74 Å². The number of carbonyl (C=O) groups excluding carboxylic acids is 3. The molecule has 0 fully saturated rings. The lowest BCUT2D eigenvalue weighted by atomic mass is 9.89. The van der Waals surface area contributed by atoms with Gasteiger partial charge in [-0.25, -0.2) is 4.79 Å². The summed E-state index contributed by atoms with van der Waals surface area (Å²) in [6, 6.07) is 1.22. The molecule has 1 aromatic rings. The quantitative estimate of drug-likeness (QED) is 0.862. The van der Waals surface area contributed by atoms with Crippen LogP contribution in [0.1, 0.15) is 47.1 Å². The number of aromatic hydroxyl groups is 1. The molecule has 0 aliphatic heterocycles. The fourth-order valence-electron chi connectivity index (χ4n) is 2.33. The molecule has 1 aliphatic carbocycles. The molecule has 1 amide bonds. The van der Waals surface area contributed by atoms with Crippen LogP contribution >= 0.6 is 0 Å². The van der Waals surface area contributed by atoms with Gasteiger partial charge in [0.2, 0.25) is 5.78 Å². The minimum absolute atomic E-state index is 0.00589. The number of amides is 1. The zero-order chi connectivity index (χ0) is 18.2. The molecule has 7 heteroatoms. The van der Waals surface area contributed by atoms with Crippen molar-refractivity contribution in [3.63, 3.8) is 0 Å². The molecule has 0 saturated carbocycles. The standard InChI is InChI=1S/C17H19NO6/c1-8-11(19)6-9-12(20)7-10(14(21)13(9)15(8)23-5)18-16(22)24-17(2,3)4/h6-7,19H,1-5H3,(H,18,22). The van der Waals surface area contributed by atoms with E-state index < -0.39 is 23.3 Å². The SMILES string of the molecule is COc1c(C)c(O)cc2c1C(=O)C(NC(=O)OC(C)(C)C)=CC2=O. The van der Waals surface area contributed by atoms with E-state index in [-0.39, 0.29) is 28.3 Å². The van der Waals surface area contributed by atoms with Gasteiger partial charge >= 0.3 is 6.09 Å². The first-order valence-electron chi connectivity index (χ1n) is 7.26. The fraction of sp³-hybridized carbons (Fsp3) is 0.353. The maximum absolute atomic E-state index is 12.7. The summed E-state index contributed by atoms with van der Waals surface area (Å²) in [5.41, 5.74) is -0.591. The van der Waals surface area contributed by atoms with Gasteiger partial charge in [-0.2, -0.15) is 0 Å². The van der Waals surface area contributed by atoms with Gasteiger partial charge in [0.15, 0.2) is 5.78 Å². The number of carbonyl (C=O) groups is 3. The van der Waals surface area contributed by atoms with Gasteiger partial charge in [-0.15, -0.1) is 0 Å². The molecule has 2 N–H and O–H groups in total. The van der Waals surface area contributed by atoms with Gasteiger partial charge in [-0.1, -0.05) is 0 Å². The zero-order valence-electron chi connectivity index (χ0n) is 14.1. The van der Waals surface area contributed by atoms with E-state index in [2.05, 4.69) is 5.32 Å². The molecule has 0 saturated heterocycles. The predicted octanol–water partition coefficient (Wildman–Crippen LogP) is 2.50. The van der Waals surface area contributed by atoms with Gasteiger partial charge in [0.1, 0.15) is 17.1 Å². The second-order valence-corrected chi connectivity index (χ2v) is 6.35. The van der Waals surface area contributed by atoms with E-state index in [0.29, 0.717) is 5.56 Å². The average molecular weight is 333 g/mol. The van der Waals surface area contributed by atoms with Gasteiger partial charge in [-0.3, -0.25) is 14.9 Å². The Balaban J connectivity index is 2.43. The molecule has 1 aliphatic rings. The summed E-state index contributed by atoms with van der Waals surface area (Å²) in [6.07, 6.45) is 0.163. The van der Waals surface area contributed by atoms with Crippen LogP contribution in [0.2, 0.25) is 0 Å². The molecule has 2 rings (SSSR count). The lowest BCUT2D eigenvalue weighted by Crippen LogP contribution is -2.36. The minimum atomic E-state index is -0.840. The summed E-state index contributed by atoms with van der Waals surface area (Å²) < 4.78 is 10.3. The Kier molecular flexibility index (Phi) is 4.38. The van der Waals surface area contributed by atoms with E-state index in [1.54, 1.807) is 27.7 Å². The molecule has 0 bridgehead atoms. The van der Waals surface area contributed by atoms with Crippen molar-refractivity contribution in [1.82, 2.24) is 5.32 Å². The van der Waals surface area contributed by atoms with Crippen LogP contribution in [0.15, 0.2) is 17.8 Å². The number of methoxy groups -OCH3 is 1. The maximum Gasteiger partial charge on any atom is 0.412 e. The largest absolute Gasteiger partial charge is 0.508 e. The monoisotopic (exact) mass is 333 g/mol. The van der Waals surface area contributed by atoms with Crippen LogP contribution in [0, 0.1) is 6.92 Å². The number of hydrogen-bond acceptors (Lipinski definition) is 6. The predicted molar refractivity (Wildman–Crippen MR) is 85.5 cm³/mol. The summed E-state index contributed by atoms with van der Waals surface area (Å²) in [6.45, 7) is 6.60. The summed E-state index contributed by atoms with van der Waals surface area (Å²) >= 11 is 0. The molecule has 0 unspecified atom stereocenters. The number of fused-ring (bicyclic) bond motifs is 1. The number of nitrogens with one attached hydrogen (secondary N) is 1. The second-order valence-electron chi connectivity index (χ2n) is 6.35. The number of phenolic OH excluding ortho intramolecular Hbond substituents is 1. The third-order valence-corrected chi connectivity index (χ3v) is 3.35. The molecule has 7 nitrogen and oxygen atoms in total. The van der Waals surface area contributed by atoms with Crippen molar-refractivity contribution in [2.75, 3.05) is 7.11 Å². The van der Waals surface area contributed by atoms with Gasteiger partial charge in [-0.05, 0) is 33.8 Å². The molecule has 0 radical (unpaired) electrons. The molecular formula is C17H19NO6. The molecule has 128 valence electrons. The fourth-order valence-corrected chi connectivity index (χ4v) is 2.33. The van der Waals surface area contributed by atoms with Gasteiger partial charge in [0, 0.05) is 17.2 Å². The number of ketones is 2. The van der Waals surface area contributed by atoms with Crippen LogP contribution in [0.5, 0.6) is 11.5 Å². The first-order valence-corrected chi connectivity index (χ1v) is 7.26. The number of hydrogen-bond donors (Lipinski definition) is 2. The summed E-state index contributed by atoms with van der Waals surface area (Å²) in [5.74, 6) is -1.16. The Hall–Kier alpha value is -2.83. The Morgan fingerprint density at radius 1 is 1.25 bits per heavy atom. The highest BCUT2D eigenvalue weighted by molar-refractivity contribution is 6.26. The minimum Gasteiger partial charge on any atom is -0.508 e. The second kappa shape index (κ2) is 5.99. The summed E-state index contributed by atoms with van der Waals surface area (Å²) in [5, 5.41) is 12.2. The first-order chi connectivity index (χ1) is 11.0. The number of phenols is 1. The molecule has 0 aromatic heterocycles. The lowest BCUT2D eigenvalue weighted by molar-refractivity contribution is 0.0539. The van der Waals surface area contributed by atoms with Crippen molar-refractivity contribution >= 4 is 17.7 Å². The number of alkyl carbamates (subject to hydrolysis) is 1. The third kappa shape index (κ3) is 3.24. The van der Waals surface area contributed by atoms with Gasteiger partial charge in [0.05, 0.1) is 18.4 Å². The smallest absolute Gasteiger partial charge is 0.412 e. The van der Waals surface area contributed by atoms with E-state index in [9.17, 15) is 19.5 Å². The van der Waals surface area contributed by atoms with Crippen molar-refractivity contribution in [2.45, 2.75) is 33.3 Å². The Morgan fingerprint density at radius 3 is 2.42 bits per heavy atom.